The molecule has 4 heterocycles. The first-order chi connectivity index (χ1) is 15.5. The molecule has 0 saturated carbocycles. The smallest absolute Gasteiger partial charge is 0.147 e. The molecule has 0 spiro atoms. The third-order valence-corrected chi connectivity index (χ3v) is 5.97. The SMILES string of the molecule is Cn1ccc2cc(-c3ncc(N4CCC(N)CC4)nc3-c3ccc(C#N)c(F)c3)cnc21. The Labute approximate surface area is 185 Å². The number of piperidine rings is 1. The van der Waals surface area contributed by atoms with Crippen LogP contribution in [0.15, 0.2) is 48.9 Å². The minimum atomic E-state index is -0.580. The van der Waals surface area contributed by atoms with Crippen LogP contribution in [0.5, 0.6) is 0 Å². The highest BCUT2D eigenvalue weighted by Crippen LogP contribution is 2.33. The number of pyridine rings is 1. The van der Waals surface area contributed by atoms with Crippen molar-refractivity contribution in [2.75, 3.05) is 18.0 Å². The van der Waals surface area contributed by atoms with Crippen molar-refractivity contribution in [1.29, 1.82) is 5.26 Å². The Morgan fingerprint density at radius 3 is 2.62 bits per heavy atom. The van der Waals surface area contributed by atoms with Crippen molar-refractivity contribution in [3.8, 4) is 28.6 Å². The van der Waals surface area contributed by atoms with Crippen molar-refractivity contribution in [3.05, 3.63) is 60.3 Å². The fourth-order valence-corrected chi connectivity index (χ4v) is 4.11. The standard InChI is InChI=1S/C24H22FN7/c1-31-7-4-16-10-18(13-29-24(16)31)22-23(15-2-3-17(12-26)20(25)11-15)30-21(14-28-22)32-8-5-19(27)6-9-32/h2-4,7,10-11,13-14,19H,5-6,8-9,27H2,1H3. The summed E-state index contributed by atoms with van der Waals surface area (Å²) in [5.41, 5.74) is 9.44. The summed E-state index contributed by atoms with van der Waals surface area (Å²) in [5.74, 6) is 0.151. The van der Waals surface area contributed by atoms with Gasteiger partial charge in [0.25, 0.3) is 0 Å². The van der Waals surface area contributed by atoms with Gasteiger partial charge in [-0.2, -0.15) is 5.26 Å². The van der Waals surface area contributed by atoms with Crippen LogP contribution in [0.25, 0.3) is 33.5 Å². The van der Waals surface area contributed by atoms with Crippen LogP contribution >= 0.6 is 0 Å². The molecule has 1 aliphatic rings. The molecule has 0 unspecified atom stereocenters. The molecule has 1 aliphatic heterocycles. The van der Waals surface area contributed by atoms with E-state index in [4.69, 9.17) is 21.0 Å². The maximum absolute atomic E-state index is 14.5. The van der Waals surface area contributed by atoms with Gasteiger partial charge in [0.05, 0.1) is 23.1 Å². The maximum atomic E-state index is 14.5. The van der Waals surface area contributed by atoms with E-state index in [1.54, 1.807) is 18.5 Å². The molecule has 8 heteroatoms. The Hall–Kier alpha value is -3.83. The molecule has 1 fully saturated rings. The van der Waals surface area contributed by atoms with E-state index in [9.17, 15) is 4.39 Å². The van der Waals surface area contributed by atoms with Gasteiger partial charge in [-0.25, -0.2) is 14.4 Å². The summed E-state index contributed by atoms with van der Waals surface area (Å²) in [4.78, 5) is 16.4. The highest BCUT2D eigenvalue weighted by Gasteiger charge is 2.21. The molecule has 0 aliphatic carbocycles. The highest BCUT2D eigenvalue weighted by atomic mass is 19.1. The average Bonchev–Trinajstić information content (AvgIpc) is 3.19. The highest BCUT2D eigenvalue weighted by molar-refractivity contribution is 5.85. The molecule has 2 N–H and O–H groups in total. The number of nitrogens with zero attached hydrogens (tertiary/aromatic N) is 6. The predicted molar refractivity (Wildman–Crippen MR) is 121 cm³/mol. The lowest BCUT2D eigenvalue weighted by atomic mass is 10.0. The van der Waals surface area contributed by atoms with Crippen LogP contribution in [0.3, 0.4) is 0 Å². The molecule has 0 amide bonds. The summed E-state index contributed by atoms with van der Waals surface area (Å²) in [6.07, 6.45) is 7.24. The lowest BCUT2D eigenvalue weighted by molar-refractivity contribution is 0.498. The van der Waals surface area contributed by atoms with Crippen LogP contribution in [-0.4, -0.2) is 38.7 Å². The van der Waals surface area contributed by atoms with Crippen LogP contribution in [0.1, 0.15) is 18.4 Å². The van der Waals surface area contributed by atoms with Gasteiger partial charge >= 0.3 is 0 Å². The van der Waals surface area contributed by atoms with Crippen LogP contribution < -0.4 is 10.6 Å². The van der Waals surface area contributed by atoms with Gasteiger partial charge in [-0.3, -0.25) is 4.98 Å². The van der Waals surface area contributed by atoms with Gasteiger partial charge in [0.1, 0.15) is 23.4 Å². The molecular formula is C24H22FN7. The summed E-state index contributed by atoms with van der Waals surface area (Å²) in [6, 6.07) is 10.6. The number of fused-ring (bicyclic) bond motifs is 1. The Kier molecular flexibility index (Phi) is 5.04. The van der Waals surface area contributed by atoms with Crippen molar-refractivity contribution >= 4 is 16.9 Å². The Morgan fingerprint density at radius 2 is 1.88 bits per heavy atom. The number of halogens is 1. The third-order valence-electron chi connectivity index (χ3n) is 5.97. The molecule has 4 aromatic rings. The van der Waals surface area contributed by atoms with Crippen LogP contribution in [0.2, 0.25) is 0 Å². The van der Waals surface area contributed by atoms with E-state index in [-0.39, 0.29) is 11.6 Å². The van der Waals surface area contributed by atoms with E-state index in [0.29, 0.717) is 17.0 Å². The van der Waals surface area contributed by atoms with Crippen LogP contribution in [-0.2, 0) is 7.05 Å². The summed E-state index contributed by atoms with van der Waals surface area (Å²) < 4.78 is 16.4. The van der Waals surface area contributed by atoms with E-state index in [2.05, 4.69) is 9.88 Å². The van der Waals surface area contributed by atoms with Gasteiger partial charge < -0.3 is 15.2 Å². The van der Waals surface area contributed by atoms with Crippen molar-refractivity contribution < 1.29 is 4.39 Å². The largest absolute Gasteiger partial charge is 0.355 e. The van der Waals surface area contributed by atoms with Gasteiger partial charge in [0.15, 0.2) is 0 Å². The van der Waals surface area contributed by atoms with Crippen molar-refractivity contribution in [1.82, 2.24) is 19.5 Å². The Bertz CT molecular complexity index is 1350. The second-order valence-electron chi connectivity index (χ2n) is 8.12. The van der Waals surface area contributed by atoms with E-state index >= 15 is 0 Å². The maximum Gasteiger partial charge on any atom is 0.147 e. The van der Waals surface area contributed by atoms with E-state index < -0.39 is 5.82 Å². The van der Waals surface area contributed by atoms with Crippen molar-refractivity contribution in [3.63, 3.8) is 0 Å². The lowest BCUT2D eigenvalue weighted by Gasteiger charge is -2.31. The van der Waals surface area contributed by atoms with Crippen molar-refractivity contribution in [2.24, 2.45) is 12.8 Å². The first-order valence-corrected chi connectivity index (χ1v) is 10.5. The van der Waals surface area contributed by atoms with Gasteiger partial charge in [-0.1, -0.05) is 6.07 Å². The molecule has 32 heavy (non-hydrogen) atoms. The second kappa shape index (κ2) is 8.02. The molecule has 1 aromatic carbocycles. The van der Waals surface area contributed by atoms with Gasteiger partial charge in [0.2, 0.25) is 0 Å². The predicted octanol–water partition coefficient (Wildman–Crippen LogP) is 3.64. The molecule has 3 aromatic heterocycles. The first kappa shape index (κ1) is 20.1. The topological polar surface area (TPSA) is 96.6 Å². The van der Waals surface area contributed by atoms with Crippen molar-refractivity contribution in [2.45, 2.75) is 18.9 Å². The fourth-order valence-electron chi connectivity index (χ4n) is 4.11. The number of nitrogens with two attached hydrogens (primary N) is 1. The average molecular weight is 427 g/mol. The molecule has 0 bridgehead atoms. The lowest BCUT2D eigenvalue weighted by Crippen LogP contribution is -2.40. The summed E-state index contributed by atoms with van der Waals surface area (Å²) in [6.45, 7) is 1.60. The molecule has 0 radical (unpaired) electrons. The fraction of sp³-hybridized carbons (Fsp3) is 0.250. The minimum absolute atomic E-state index is 0.00296. The van der Waals surface area contributed by atoms with Crippen LogP contribution in [0.4, 0.5) is 10.2 Å². The number of hydrogen-bond donors (Lipinski definition) is 1. The number of hydrogen-bond acceptors (Lipinski definition) is 6. The van der Waals surface area contributed by atoms with Gasteiger partial charge in [0, 0.05) is 55.1 Å². The monoisotopic (exact) mass is 427 g/mol. The Morgan fingerprint density at radius 1 is 1.06 bits per heavy atom. The summed E-state index contributed by atoms with van der Waals surface area (Å²) in [7, 11) is 1.94. The van der Waals surface area contributed by atoms with Gasteiger partial charge in [-0.05, 0) is 37.1 Å². The normalized spacial score (nSPS) is 14.6. The molecule has 5 rings (SSSR count). The molecule has 7 nitrogen and oxygen atoms in total. The molecular weight excluding hydrogens is 405 g/mol. The van der Waals surface area contributed by atoms with E-state index in [1.807, 2.05) is 36.0 Å². The number of aromatic nitrogens is 4. The van der Waals surface area contributed by atoms with Gasteiger partial charge in [-0.15, -0.1) is 0 Å². The van der Waals surface area contributed by atoms with E-state index in [0.717, 1.165) is 48.3 Å². The zero-order valence-corrected chi connectivity index (χ0v) is 17.7. The molecule has 160 valence electrons. The second-order valence-corrected chi connectivity index (χ2v) is 8.12. The van der Waals surface area contributed by atoms with Crippen LogP contribution in [0, 0.1) is 17.1 Å². The minimum Gasteiger partial charge on any atom is -0.355 e. The number of nitriles is 1. The number of benzene rings is 1. The summed E-state index contributed by atoms with van der Waals surface area (Å²) >= 11 is 0. The summed E-state index contributed by atoms with van der Waals surface area (Å²) in [5, 5.41) is 10.1. The zero-order chi connectivity index (χ0) is 22.2. The number of anilines is 1. The third kappa shape index (κ3) is 3.57. The first-order valence-electron chi connectivity index (χ1n) is 10.5. The zero-order valence-electron chi connectivity index (χ0n) is 17.7. The quantitative estimate of drug-likeness (QED) is 0.536. The Balaban J connectivity index is 1.65. The van der Waals surface area contributed by atoms with E-state index in [1.165, 1.54) is 12.1 Å². The molecule has 0 atom stereocenters. The number of aryl methyl sites for hydroxylation is 1. The number of rotatable bonds is 3. The molecule has 1 saturated heterocycles.